The van der Waals surface area contributed by atoms with Crippen molar-refractivity contribution in [2.24, 2.45) is 17.8 Å². The lowest BCUT2D eigenvalue weighted by molar-refractivity contribution is -0.206. The molecule has 1 heterocycles. The standard InChI is InChI=1S/C17H33NO/c1-13(2)9-15-7-6-8-17(10-15)12-18-11-16(5,19-17)14(3)4/h13-15,18H,6-12H2,1-5H3. The quantitative estimate of drug-likeness (QED) is 0.834. The average Bonchev–Trinajstić information content (AvgIpc) is 2.27. The van der Waals surface area contributed by atoms with E-state index in [1.54, 1.807) is 0 Å². The number of hydrogen-bond donors (Lipinski definition) is 1. The molecule has 1 N–H and O–H groups in total. The third-order valence-electron chi connectivity index (χ3n) is 5.30. The van der Waals surface area contributed by atoms with Crippen LogP contribution in [0.2, 0.25) is 0 Å². The van der Waals surface area contributed by atoms with Gasteiger partial charge in [-0.05, 0) is 43.9 Å². The summed E-state index contributed by atoms with van der Waals surface area (Å²) in [7, 11) is 0. The van der Waals surface area contributed by atoms with Crippen molar-refractivity contribution in [3.8, 4) is 0 Å². The minimum absolute atomic E-state index is 0.0119. The Hall–Kier alpha value is -0.0800. The molecule has 3 unspecified atom stereocenters. The summed E-state index contributed by atoms with van der Waals surface area (Å²) in [5.41, 5.74) is 0.132. The molecule has 2 rings (SSSR count). The highest BCUT2D eigenvalue weighted by Crippen LogP contribution is 2.43. The van der Waals surface area contributed by atoms with Gasteiger partial charge in [0, 0.05) is 13.1 Å². The summed E-state index contributed by atoms with van der Waals surface area (Å²) >= 11 is 0. The lowest BCUT2D eigenvalue weighted by Gasteiger charge is -2.52. The second-order valence-electron chi connectivity index (χ2n) is 7.95. The molecular weight excluding hydrogens is 234 g/mol. The maximum absolute atomic E-state index is 6.71. The highest BCUT2D eigenvalue weighted by molar-refractivity contribution is 4.99. The van der Waals surface area contributed by atoms with Crippen molar-refractivity contribution in [2.45, 2.75) is 77.9 Å². The molecule has 3 atom stereocenters. The van der Waals surface area contributed by atoms with Crippen molar-refractivity contribution in [1.29, 1.82) is 0 Å². The lowest BCUT2D eigenvalue weighted by Crippen LogP contribution is -2.62. The predicted molar refractivity (Wildman–Crippen MR) is 81.3 cm³/mol. The van der Waals surface area contributed by atoms with Gasteiger partial charge in [0.2, 0.25) is 0 Å². The third kappa shape index (κ3) is 3.52. The summed E-state index contributed by atoms with van der Waals surface area (Å²) in [6.07, 6.45) is 6.62. The van der Waals surface area contributed by atoms with Gasteiger partial charge in [-0.1, -0.05) is 40.5 Å². The zero-order chi connectivity index (χ0) is 14.1. The maximum Gasteiger partial charge on any atom is 0.0817 e. The molecule has 0 aromatic carbocycles. The summed E-state index contributed by atoms with van der Waals surface area (Å²) < 4.78 is 6.71. The van der Waals surface area contributed by atoms with Gasteiger partial charge in [0.05, 0.1) is 11.2 Å². The molecule has 1 saturated heterocycles. The van der Waals surface area contributed by atoms with Crippen LogP contribution in [0.1, 0.15) is 66.7 Å². The molecule has 2 aliphatic rings. The summed E-state index contributed by atoms with van der Waals surface area (Å²) in [5.74, 6) is 2.25. The van der Waals surface area contributed by atoms with Gasteiger partial charge in [-0.2, -0.15) is 0 Å². The molecule has 19 heavy (non-hydrogen) atoms. The Morgan fingerprint density at radius 3 is 2.58 bits per heavy atom. The Labute approximate surface area is 119 Å². The summed E-state index contributed by atoms with van der Waals surface area (Å²) in [5, 5.41) is 3.67. The number of morpholine rings is 1. The van der Waals surface area contributed by atoms with Crippen LogP contribution in [0.5, 0.6) is 0 Å². The number of rotatable bonds is 3. The Morgan fingerprint density at radius 1 is 1.21 bits per heavy atom. The van der Waals surface area contributed by atoms with E-state index in [2.05, 4.69) is 39.9 Å². The van der Waals surface area contributed by atoms with Gasteiger partial charge in [-0.3, -0.25) is 0 Å². The van der Waals surface area contributed by atoms with Crippen molar-refractivity contribution >= 4 is 0 Å². The molecule has 2 fully saturated rings. The van der Waals surface area contributed by atoms with E-state index in [-0.39, 0.29) is 11.2 Å². The van der Waals surface area contributed by atoms with E-state index < -0.39 is 0 Å². The van der Waals surface area contributed by atoms with Gasteiger partial charge in [0.25, 0.3) is 0 Å². The zero-order valence-corrected chi connectivity index (χ0v) is 13.6. The first-order chi connectivity index (χ1) is 8.85. The molecule has 2 nitrogen and oxygen atoms in total. The summed E-state index contributed by atoms with van der Waals surface area (Å²) in [6, 6.07) is 0. The van der Waals surface area contributed by atoms with E-state index in [0.29, 0.717) is 5.92 Å². The summed E-state index contributed by atoms with van der Waals surface area (Å²) in [6.45, 7) is 13.6. The van der Waals surface area contributed by atoms with Gasteiger partial charge >= 0.3 is 0 Å². The Bertz CT molecular complexity index is 298. The molecule has 1 saturated carbocycles. The van der Waals surface area contributed by atoms with Crippen LogP contribution in [0, 0.1) is 17.8 Å². The number of hydrogen-bond acceptors (Lipinski definition) is 2. The third-order valence-corrected chi connectivity index (χ3v) is 5.30. The average molecular weight is 267 g/mol. The zero-order valence-electron chi connectivity index (χ0n) is 13.6. The Kier molecular flexibility index (Phi) is 4.62. The van der Waals surface area contributed by atoms with Crippen molar-refractivity contribution in [2.75, 3.05) is 13.1 Å². The molecule has 1 aliphatic carbocycles. The van der Waals surface area contributed by atoms with E-state index in [1.807, 2.05) is 0 Å². The fourth-order valence-corrected chi connectivity index (χ4v) is 3.99. The minimum Gasteiger partial charge on any atom is -0.366 e. The molecule has 112 valence electrons. The van der Waals surface area contributed by atoms with Crippen LogP contribution in [0.25, 0.3) is 0 Å². The van der Waals surface area contributed by atoms with Crippen molar-refractivity contribution in [1.82, 2.24) is 5.32 Å². The molecule has 0 aromatic rings. The van der Waals surface area contributed by atoms with Crippen molar-refractivity contribution in [3.05, 3.63) is 0 Å². The largest absolute Gasteiger partial charge is 0.366 e. The maximum atomic E-state index is 6.71. The van der Waals surface area contributed by atoms with E-state index in [1.165, 1.54) is 32.1 Å². The van der Waals surface area contributed by atoms with Crippen LogP contribution in [0.3, 0.4) is 0 Å². The van der Waals surface area contributed by atoms with Gasteiger partial charge in [0.1, 0.15) is 0 Å². The first kappa shape index (κ1) is 15.3. The van der Waals surface area contributed by atoms with Crippen LogP contribution < -0.4 is 5.32 Å². The van der Waals surface area contributed by atoms with Gasteiger partial charge in [-0.25, -0.2) is 0 Å². The minimum atomic E-state index is 0.0119. The van der Waals surface area contributed by atoms with E-state index >= 15 is 0 Å². The molecule has 2 heteroatoms. The van der Waals surface area contributed by atoms with Crippen molar-refractivity contribution in [3.63, 3.8) is 0 Å². The highest BCUT2D eigenvalue weighted by Gasteiger charge is 2.46. The molecule has 0 aromatic heterocycles. The summed E-state index contributed by atoms with van der Waals surface area (Å²) in [4.78, 5) is 0. The van der Waals surface area contributed by atoms with Crippen molar-refractivity contribution < 1.29 is 4.74 Å². The second kappa shape index (κ2) is 5.73. The molecular formula is C17H33NO. The van der Waals surface area contributed by atoms with Crippen LogP contribution in [0.4, 0.5) is 0 Å². The van der Waals surface area contributed by atoms with Gasteiger partial charge in [0.15, 0.2) is 0 Å². The van der Waals surface area contributed by atoms with E-state index in [0.717, 1.165) is 24.9 Å². The normalized spacial score (nSPS) is 40.3. The first-order valence-electron chi connectivity index (χ1n) is 8.26. The SMILES string of the molecule is CC(C)CC1CCCC2(CNCC(C)(C(C)C)O2)C1. The fourth-order valence-electron chi connectivity index (χ4n) is 3.99. The van der Waals surface area contributed by atoms with Crippen LogP contribution in [0.15, 0.2) is 0 Å². The second-order valence-corrected chi connectivity index (χ2v) is 7.95. The monoisotopic (exact) mass is 267 g/mol. The molecule has 0 bridgehead atoms. The van der Waals surface area contributed by atoms with Crippen LogP contribution in [-0.4, -0.2) is 24.3 Å². The van der Waals surface area contributed by atoms with E-state index in [9.17, 15) is 0 Å². The fraction of sp³-hybridized carbons (Fsp3) is 1.00. The van der Waals surface area contributed by atoms with Crippen LogP contribution >= 0.6 is 0 Å². The Morgan fingerprint density at radius 2 is 1.95 bits per heavy atom. The predicted octanol–water partition coefficient (Wildman–Crippen LogP) is 4.00. The number of nitrogens with one attached hydrogen (secondary N) is 1. The smallest absolute Gasteiger partial charge is 0.0817 e. The topological polar surface area (TPSA) is 21.3 Å². The first-order valence-corrected chi connectivity index (χ1v) is 8.26. The van der Waals surface area contributed by atoms with Gasteiger partial charge in [-0.15, -0.1) is 0 Å². The molecule has 1 aliphatic heterocycles. The lowest BCUT2D eigenvalue weighted by atomic mass is 9.73. The molecule has 0 radical (unpaired) electrons. The molecule has 0 amide bonds. The Balaban J connectivity index is 2.05. The molecule has 1 spiro atoms. The number of ether oxygens (including phenoxy) is 1. The highest BCUT2D eigenvalue weighted by atomic mass is 16.5. The van der Waals surface area contributed by atoms with Gasteiger partial charge < -0.3 is 10.1 Å². The van der Waals surface area contributed by atoms with E-state index in [4.69, 9.17) is 4.74 Å². The van der Waals surface area contributed by atoms with Crippen LogP contribution in [-0.2, 0) is 4.74 Å².